The minimum atomic E-state index is -0.205. The summed E-state index contributed by atoms with van der Waals surface area (Å²) in [5.41, 5.74) is 0. The number of hydrogen-bond donors (Lipinski definition) is 0. The van der Waals surface area contributed by atoms with Crippen molar-refractivity contribution in [3.05, 3.63) is 12.1 Å². The molecule has 1 aromatic heterocycles. The Bertz CT molecular complexity index is 241. The normalized spacial score (nSPS) is 9.40. The average Bonchev–Trinajstić information content (AvgIpc) is 2.34. The molecule has 0 aromatic carbocycles. The van der Waals surface area contributed by atoms with Crippen molar-refractivity contribution in [3.8, 4) is 5.95 Å². The van der Waals surface area contributed by atoms with Gasteiger partial charge >= 0.3 is 5.95 Å². The Balaban J connectivity index is 2.88. The Kier molecular flexibility index (Phi) is 1.71. The molecule has 1 heterocycles. The summed E-state index contributed by atoms with van der Waals surface area (Å²) < 4.78 is 9.47. The summed E-state index contributed by atoms with van der Waals surface area (Å²) in [4.78, 5) is 14.2. The highest BCUT2D eigenvalue weighted by molar-refractivity contribution is 5.89. The first-order valence-corrected chi connectivity index (χ1v) is 2.75. The molecule has 0 aliphatic rings. The van der Waals surface area contributed by atoms with E-state index in [1.54, 1.807) is 0 Å². The highest BCUT2D eigenvalue weighted by Crippen LogP contribution is 2.10. The molecule has 1 rings (SSSR count). The van der Waals surface area contributed by atoms with Gasteiger partial charge in [-0.05, 0) is 0 Å². The first-order valence-electron chi connectivity index (χ1n) is 2.75. The van der Waals surface area contributed by atoms with Crippen molar-refractivity contribution in [3.63, 3.8) is 0 Å². The maximum absolute atomic E-state index is 10.6. The molecule has 0 N–H and O–H groups in total. The Morgan fingerprint density at radius 3 is 2.80 bits per heavy atom. The number of ketones is 1. The summed E-state index contributed by atoms with van der Waals surface area (Å²) in [5.74, 6) is 0.130. The zero-order valence-corrected chi connectivity index (χ0v) is 5.75. The second kappa shape index (κ2) is 2.51. The van der Waals surface area contributed by atoms with Gasteiger partial charge in [0.1, 0.15) is 6.20 Å². The molecule has 0 bridgehead atoms. The number of Topliss-reactive ketones (excluding diaryl/α,β-unsaturated/α-hetero) is 1. The van der Waals surface area contributed by atoms with E-state index in [1.807, 2.05) is 0 Å². The average molecular weight is 141 g/mol. The highest BCUT2D eigenvalue weighted by Gasteiger charge is 2.06. The van der Waals surface area contributed by atoms with Gasteiger partial charge in [0.2, 0.25) is 5.78 Å². The molecule has 4 nitrogen and oxygen atoms in total. The van der Waals surface area contributed by atoms with E-state index >= 15 is 0 Å². The van der Waals surface area contributed by atoms with Gasteiger partial charge in [0.15, 0.2) is 0 Å². The highest BCUT2D eigenvalue weighted by atomic mass is 16.6. The third-order valence-electron chi connectivity index (χ3n) is 0.987. The largest absolute Gasteiger partial charge is 0.467 e. The van der Waals surface area contributed by atoms with Gasteiger partial charge in [-0.25, -0.2) is 4.98 Å². The summed E-state index contributed by atoms with van der Waals surface area (Å²) >= 11 is 0. The first-order chi connectivity index (χ1) is 4.74. The molecular weight excluding hydrogens is 134 g/mol. The van der Waals surface area contributed by atoms with Crippen LogP contribution < -0.4 is 4.74 Å². The molecule has 0 unspecified atom stereocenters. The van der Waals surface area contributed by atoms with E-state index in [0.29, 0.717) is 0 Å². The van der Waals surface area contributed by atoms with Crippen molar-refractivity contribution in [2.45, 2.75) is 6.92 Å². The summed E-state index contributed by atoms with van der Waals surface area (Å²) in [6.45, 7) is 1.38. The number of carbonyl (C=O) groups excluding carboxylic acids is 1. The lowest BCUT2D eigenvalue weighted by Crippen LogP contribution is -1.89. The van der Waals surface area contributed by atoms with E-state index in [2.05, 4.69) is 9.72 Å². The minimum Gasteiger partial charge on any atom is -0.467 e. The van der Waals surface area contributed by atoms with Gasteiger partial charge in [0, 0.05) is 6.92 Å². The molecule has 0 radical (unpaired) electrons. The zero-order valence-electron chi connectivity index (χ0n) is 5.75. The van der Waals surface area contributed by atoms with Crippen LogP contribution >= 0.6 is 0 Å². The van der Waals surface area contributed by atoms with Crippen LogP contribution in [0.2, 0.25) is 0 Å². The summed E-state index contributed by atoms with van der Waals surface area (Å²) in [6, 6.07) is 0. The van der Waals surface area contributed by atoms with E-state index in [9.17, 15) is 4.79 Å². The van der Waals surface area contributed by atoms with E-state index in [0.717, 1.165) is 0 Å². The SMILES string of the molecule is COc1cnc(C(C)=O)o1. The third-order valence-corrected chi connectivity index (χ3v) is 0.987. The van der Waals surface area contributed by atoms with Crippen molar-refractivity contribution < 1.29 is 13.9 Å². The van der Waals surface area contributed by atoms with Crippen LogP contribution in [0.1, 0.15) is 17.6 Å². The number of nitrogens with zero attached hydrogens (tertiary/aromatic N) is 1. The second-order valence-electron chi connectivity index (χ2n) is 1.74. The van der Waals surface area contributed by atoms with Crippen molar-refractivity contribution >= 4 is 5.78 Å². The molecule has 0 spiro atoms. The van der Waals surface area contributed by atoms with E-state index < -0.39 is 0 Å². The van der Waals surface area contributed by atoms with Crippen LogP contribution in [0.5, 0.6) is 5.95 Å². The van der Waals surface area contributed by atoms with Gasteiger partial charge in [-0.1, -0.05) is 0 Å². The van der Waals surface area contributed by atoms with Crippen LogP contribution in [0.4, 0.5) is 0 Å². The fourth-order valence-electron chi connectivity index (χ4n) is 0.516. The lowest BCUT2D eigenvalue weighted by atomic mass is 10.5. The molecule has 0 aliphatic heterocycles. The first kappa shape index (κ1) is 6.80. The predicted octanol–water partition coefficient (Wildman–Crippen LogP) is 0.886. The number of carbonyl (C=O) groups is 1. The molecule has 0 saturated carbocycles. The number of methoxy groups -OCH3 is 1. The van der Waals surface area contributed by atoms with E-state index in [-0.39, 0.29) is 17.6 Å². The second-order valence-corrected chi connectivity index (χ2v) is 1.74. The molecule has 54 valence electrons. The van der Waals surface area contributed by atoms with Crippen LogP contribution in [0.25, 0.3) is 0 Å². The monoisotopic (exact) mass is 141 g/mol. The fraction of sp³-hybridized carbons (Fsp3) is 0.333. The lowest BCUT2D eigenvalue weighted by Gasteiger charge is -1.87. The number of oxazole rings is 1. The molecule has 0 atom stereocenters. The lowest BCUT2D eigenvalue weighted by molar-refractivity contribution is 0.0974. The molecule has 1 aromatic rings. The van der Waals surface area contributed by atoms with Crippen molar-refractivity contribution in [2.75, 3.05) is 7.11 Å². The van der Waals surface area contributed by atoms with Crippen molar-refractivity contribution in [1.82, 2.24) is 4.98 Å². The Morgan fingerprint density at radius 2 is 2.50 bits per heavy atom. The fourth-order valence-corrected chi connectivity index (χ4v) is 0.516. The van der Waals surface area contributed by atoms with Crippen LogP contribution in [-0.4, -0.2) is 17.9 Å². The smallest absolute Gasteiger partial charge is 0.305 e. The van der Waals surface area contributed by atoms with Crippen molar-refractivity contribution in [2.24, 2.45) is 0 Å². The standard InChI is InChI=1S/C6H7NO3/c1-4(8)6-7-3-5(9-2)10-6/h3H,1-2H3. The summed E-state index contributed by atoms with van der Waals surface area (Å²) in [6.07, 6.45) is 1.36. The number of ether oxygens (including phenoxy) is 1. The quantitative estimate of drug-likeness (QED) is 0.574. The molecule has 0 aliphatic carbocycles. The van der Waals surface area contributed by atoms with Crippen LogP contribution in [0.15, 0.2) is 10.6 Å². The van der Waals surface area contributed by atoms with Crippen LogP contribution in [-0.2, 0) is 0 Å². The molecule has 0 saturated heterocycles. The van der Waals surface area contributed by atoms with Gasteiger partial charge in [-0.15, -0.1) is 0 Å². The Morgan fingerprint density at radius 1 is 1.80 bits per heavy atom. The predicted molar refractivity (Wildman–Crippen MR) is 33.1 cm³/mol. The van der Waals surface area contributed by atoms with Crippen LogP contribution in [0.3, 0.4) is 0 Å². The van der Waals surface area contributed by atoms with E-state index in [4.69, 9.17) is 4.42 Å². The molecule has 0 fully saturated rings. The maximum atomic E-state index is 10.6. The van der Waals surface area contributed by atoms with Gasteiger partial charge in [0.05, 0.1) is 7.11 Å². The topological polar surface area (TPSA) is 52.3 Å². The molecule has 0 amide bonds. The van der Waals surface area contributed by atoms with Crippen LogP contribution in [0, 0.1) is 0 Å². The number of hydrogen-bond acceptors (Lipinski definition) is 4. The Labute approximate surface area is 57.8 Å². The van der Waals surface area contributed by atoms with Gasteiger partial charge < -0.3 is 9.15 Å². The maximum Gasteiger partial charge on any atom is 0.305 e. The van der Waals surface area contributed by atoms with Gasteiger partial charge in [-0.3, -0.25) is 4.79 Å². The Hall–Kier alpha value is -1.32. The third kappa shape index (κ3) is 1.15. The minimum absolute atomic E-state index is 0.0804. The summed E-state index contributed by atoms with van der Waals surface area (Å²) in [7, 11) is 1.45. The number of rotatable bonds is 2. The number of aromatic nitrogens is 1. The summed E-state index contributed by atoms with van der Waals surface area (Å²) in [5, 5.41) is 0. The molecular formula is C6H7NO3. The van der Waals surface area contributed by atoms with Crippen molar-refractivity contribution in [1.29, 1.82) is 0 Å². The molecule has 10 heavy (non-hydrogen) atoms. The zero-order chi connectivity index (χ0) is 7.56. The van der Waals surface area contributed by atoms with Gasteiger partial charge in [0.25, 0.3) is 5.89 Å². The van der Waals surface area contributed by atoms with Gasteiger partial charge in [-0.2, -0.15) is 0 Å². The molecule has 4 heteroatoms. The van der Waals surface area contributed by atoms with E-state index in [1.165, 1.54) is 20.2 Å².